The highest BCUT2D eigenvalue weighted by Crippen LogP contribution is 2.23. The molecule has 0 saturated carbocycles. The summed E-state index contributed by atoms with van der Waals surface area (Å²) in [6.07, 6.45) is -0.0810. The van der Waals surface area contributed by atoms with E-state index in [9.17, 15) is 14.4 Å². The smallest absolute Gasteiger partial charge is 0.324 e. The highest BCUT2D eigenvalue weighted by Gasteiger charge is 2.21. The Morgan fingerprint density at radius 1 is 1.33 bits per heavy atom. The minimum absolute atomic E-state index is 0.0132. The van der Waals surface area contributed by atoms with E-state index in [1.165, 1.54) is 4.90 Å². The van der Waals surface area contributed by atoms with Gasteiger partial charge in [-0.25, -0.2) is 4.79 Å². The van der Waals surface area contributed by atoms with Gasteiger partial charge in [-0.15, -0.1) is 11.3 Å². The van der Waals surface area contributed by atoms with Gasteiger partial charge in [-0.3, -0.25) is 14.9 Å². The van der Waals surface area contributed by atoms with Gasteiger partial charge in [0, 0.05) is 24.8 Å². The van der Waals surface area contributed by atoms with E-state index in [0.29, 0.717) is 0 Å². The van der Waals surface area contributed by atoms with Crippen LogP contribution >= 0.6 is 11.3 Å². The van der Waals surface area contributed by atoms with Gasteiger partial charge in [-0.2, -0.15) is 0 Å². The van der Waals surface area contributed by atoms with Crippen LogP contribution in [0.4, 0.5) is 4.79 Å². The van der Waals surface area contributed by atoms with Gasteiger partial charge in [0.2, 0.25) is 5.91 Å². The number of aliphatic carboxylic acids is 1. The number of rotatable bonds is 6. The predicted octanol–water partition coefficient (Wildman–Crippen LogP) is 2.48. The molecule has 3 amide bonds. The Kier molecular flexibility index (Phi) is 6.36. The molecule has 0 fully saturated rings. The molecule has 116 valence electrons. The van der Waals surface area contributed by atoms with E-state index >= 15 is 0 Å². The average molecular weight is 312 g/mol. The summed E-state index contributed by atoms with van der Waals surface area (Å²) in [5.41, 5.74) is 0. The van der Waals surface area contributed by atoms with Crippen LogP contribution in [0.15, 0.2) is 17.5 Å². The molecule has 1 aromatic heterocycles. The summed E-state index contributed by atoms with van der Waals surface area (Å²) < 4.78 is 0. The molecule has 0 bridgehead atoms. The van der Waals surface area contributed by atoms with Crippen LogP contribution in [0.5, 0.6) is 0 Å². The standard InChI is InChI=1S/C14H20N2O4S/c1-9(8-13(18)19)7-12(17)15-14(20)16(3)10(2)11-5-4-6-21-11/h4-6,9-10H,7-8H2,1-3H3,(H,18,19)(H,15,17,20). The molecule has 2 unspecified atom stereocenters. The fraction of sp³-hybridized carbons (Fsp3) is 0.500. The molecule has 7 heteroatoms. The zero-order valence-corrected chi connectivity index (χ0v) is 13.1. The Hall–Kier alpha value is -1.89. The lowest BCUT2D eigenvalue weighted by Gasteiger charge is -2.24. The first-order chi connectivity index (χ1) is 9.81. The number of imide groups is 1. The number of carboxylic acids is 1. The number of hydrogen-bond acceptors (Lipinski definition) is 4. The first-order valence-corrected chi connectivity index (χ1v) is 7.51. The van der Waals surface area contributed by atoms with Crippen molar-refractivity contribution in [2.24, 2.45) is 5.92 Å². The second-order valence-electron chi connectivity index (χ2n) is 5.06. The van der Waals surface area contributed by atoms with E-state index in [1.807, 2.05) is 24.4 Å². The number of carbonyl (C=O) groups is 3. The number of amides is 3. The summed E-state index contributed by atoms with van der Waals surface area (Å²) in [7, 11) is 1.62. The highest BCUT2D eigenvalue weighted by atomic mass is 32.1. The van der Waals surface area contributed by atoms with Crippen molar-refractivity contribution < 1.29 is 19.5 Å². The molecule has 21 heavy (non-hydrogen) atoms. The maximum atomic E-state index is 12.0. The summed E-state index contributed by atoms with van der Waals surface area (Å²) in [5, 5.41) is 12.9. The molecule has 0 radical (unpaired) electrons. The lowest BCUT2D eigenvalue weighted by molar-refractivity contribution is -0.138. The number of carbonyl (C=O) groups excluding carboxylic acids is 2. The Morgan fingerprint density at radius 2 is 2.00 bits per heavy atom. The van der Waals surface area contributed by atoms with Gasteiger partial charge in [-0.05, 0) is 24.3 Å². The molecule has 6 nitrogen and oxygen atoms in total. The lowest BCUT2D eigenvalue weighted by atomic mass is 10.0. The van der Waals surface area contributed by atoms with Crippen molar-refractivity contribution >= 4 is 29.2 Å². The number of hydrogen-bond donors (Lipinski definition) is 2. The third-order valence-corrected chi connectivity index (χ3v) is 4.20. The van der Waals surface area contributed by atoms with Crippen LogP contribution in [0.25, 0.3) is 0 Å². The quantitative estimate of drug-likeness (QED) is 0.845. The largest absolute Gasteiger partial charge is 0.481 e. The van der Waals surface area contributed by atoms with Crippen LogP contribution in [0.2, 0.25) is 0 Å². The molecule has 0 saturated heterocycles. The van der Waals surface area contributed by atoms with Crippen LogP contribution in [-0.4, -0.2) is 35.0 Å². The SMILES string of the molecule is CC(CC(=O)O)CC(=O)NC(=O)N(C)C(C)c1cccs1. The highest BCUT2D eigenvalue weighted by molar-refractivity contribution is 7.10. The van der Waals surface area contributed by atoms with Crippen molar-refractivity contribution in [3.05, 3.63) is 22.4 Å². The third-order valence-electron chi connectivity index (χ3n) is 3.16. The summed E-state index contributed by atoms with van der Waals surface area (Å²) in [6, 6.07) is 3.22. The Bertz CT molecular complexity index is 501. The van der Waals surface area contributed by atoms with E-state index in [1.54, 1.807) is 25.3 Å². The van der Waals surface area contributed by atoms with Crippen molar-refractivity contribution in [3.8, 4) is 0 Å². The fourth-order valence-corrected chi connectivity index (χ4v) is 2.67. The first kappa shape index (κ1) is 17.2. The molecular formula is C14H20N2O4S. The van der Waals surface area contributed by atoms with Gasteiger partial charge in [0.1, 0.15) is 0 Å². The second-order valence-corrected chi connectivity index (χ2v) is 6.04. The van der Waals surface area contributed by atoms with Crippen molar-refractivity contribution in [2.75, 3.05) is 7.05 Å². The maximum absolute atomic E-state index is 12.0. The van der Waals surface area contributed by atoms with Crippen molar-refractivity contribution in [3.63, 3.8) is 0 Å². The fourth-order valence-electron chi connectivity index (χ4n) is 1.84. The zero-order valence-electron chi connectivity index (χ0n) is 12.3. The zero-order chi connectivity index (χ0) is 16.0. The van der Waals surface area contributed by atoms with Crippen molar-refractivity contribution in [1.29, 1.82) is 0 Å². The monoisotopic (exact) mass is 312 g/mol. The number of carboxylic acid groups (broad SMARTS) is 1. The van der Waals surface area contributed by atoms with Crippen LogP contribution in [0, 0.1) is 5.92 Å². The van der Waals surface area contributed by atoms with Gasteiger partial charge in [0.25, 0.3) is 0 Å². The predicted molar refractivity (Wildman–Crippen MR) is 80.1 cm³/mol. The van der Waals surface area contributed by atoms with E-state index in [0.717, 1.165) is 4.88 Å². The third kappa shape index (κ3) is 5.55. The van der Waals surface area contributed by atoms with Crippen LogP contribution in [-0.2, 0) is 9.59 Å². The van der Waals surface area contributed by atoms with Crippen LogP contribution in [0.3, 0.4) is 0 Å². The molecule has 2 atom stereocenters. The molecule has 1 rings (SSSR count). The lowest BCUT2D eigenvalue weighted by Crippen LogP contribution is -2.42. The van der Waals surface area contributed by atoms with E-state index in [-0.39, 0.29) is 24.8 Å². The molecule has 1 aromatic rings. The molecule has 0 aliphatic rings. The molecule has 0 aliphatic heterocycles. The average Bonchev–Trinajstić information content (AvgIpc) is 2.89. The van der Waals surface area contributed by atoms with E-state index in [4.69, 9.17) is 5.11 Å². The molecule has 0 aliphatic carbocycles. The molecule has 1 heterocycles. The summed E-state index contributed by atoms with van der Waals surface area (Å²) >= 11 is 1.54. The minimum Gasteiger partial charge on any atom is -0.481 e. The molecule has 0 aromatic carbocycles. The molecule has 2 N–H and O–H groups in total. The number of thiophene rings is 1. The first-order valence-electron chi connectivity index (χ1n) is 6.63. The van der Waals surface area contributed by atoms with Gasteiger partial charge in [0.05, 0.1) is 6.04 Å². The summed E-state index contributed by atoms with van der Waals surface area (Å²) in [6.45, 7) is 3.54. The summed E-state index contributed by atoms with van der Waals surface area (Å²) in [5.74, 6) is -1.72. The van der Waals surface area contributed by atoms with Crippen LogP contribution in [0.1, 0.15) is 37.6 Å². The van der Waals surface area contributed by atoms with Crippen molar-refractivity contribution in [2.45, 2.75) is 32.7 Å². The topological polar surface area (TPSA) is 86.7 Å². The molecule has 0 spiro atoms. The normalized spacial score (nSPS) is 13.3. The van der Waals surface area contributed by atoms with E-state index < -0.39 is 17.9 Å². The summed E-state index contributed by atoms with van der Waals surface area (Å²) in [4.78, 5) is 36.7. The number of nitrogens with zero attached hydrogens (tertiary/aromatic N) is 1. The van der Waals surface area contributed by atoms with Gasteiger partial charge in [0.15, 0.2) is 0 Å². The van der Waals surface area contributed by atoms with Gasteiger partial charge >= 0.3 is 12.0 Å². The molecular weight excluding hydrogens is 292 g/mol. The number of nitrogens with one attached hydrogen (secondary N) is 1. The van der Waals surface area contributed by atoms with Crippen molar-refractivity contribution in [1.82, 2.24) is 10.2 Å². The van der Waals surface area contributed by atoms with E-state index in [2.05, 4.69) is 5.32 Å². The van der Waals surface area contributed by atoms with Crippen LogP contribution < -0.4 is 5.32 Å². The van der Waals surface area contributed by atoms with Gasteiger partial charge in [-0.1, -0.05) is 13.0 Å². The Balaban J connectivity index is 2.48. The Labute approximate surface area is 127 Å². The van der Waals surface area contributed by atoms with Gasteiger partial charge < -0.3 is 10.0 Å². The number of urea groups is 1. The second kappa shape index (κ2) is 7.78. The minimum atomic E-state index is -0.954. The maximum Gasteiger partial charge on any atom is 0.324 e. The Morgan fingerprint density at radius 3 is 2.52 bits per heavy atom.